The van der Waals surface area contributed by atoms with E-state index in [1.54, 1.807) is 18.3 Å². The number of amides is 1. The van der Waals surface area contributed by atoms with Crippen LogP contribution in [0.15, 0.2) is 53.8 Å². The molecule has 2 aromatic carbocycles. The Balaban J connectivity index is 1.75. The third kappa shape index (κ3) is 2.98. The van der Waals surface area contributed by atoms with Gasteiger partial charge in [0.15, 0.2) is 0 Å². The number of halogens is 2. The van der Waals surface area contributed by atoms with Crippen molar-refractivity contribution in [2.24, 2.45) is 5.10 Å². The molecule has 6 heteroatoms. The number of aromatic amines is 1. The summed E-state index contributed by atoms with van der Waals surface area (Å²) in [6.45, 7) is 0. The summed E-state index contributed by atoms with van der Waals surface area (Å²) < 4.78 is 0. The molecule has 1 aromatic heterocycles. The van der Waals surface area contributed by atoms with E-state index in [1.165, 1.54) is 6.07 Å². The second-order valence-corrected chi connectivity index (χ2v) is 5.46. The monoisotopic (exact) mass is 331 g/mol. The van der Waals surface area contributed by atoms with Gasteiger partial charge in [-0.3, -0.25) is 4.79 Å². The average Bonchev–Trinajstić information content (AvgIpc) is 2.90. The fraction of sp³-hybridized carbons (Fsp3) is 0. The summed E-state index contributed by atoms with van der Waals surface area (Å²) in [5.41, 5.74) is 4.67. The predicted molar refractivity (Wildman–Crippen MR) is 89.8 cm³/mol. The number of aromatic nitrogens is 1. The summed E-state index contributed by atoms with van der Waals surface area (Å²) in [6, 6.07) is 12.5. The zero-order valence-corrected chi connectivity index (χ0v) is 12.8. The average molecular weight is 332 g/mol. The van der Waals surface area contributed by atoms with Crippen LogP contribution >= 0.6 is 23.2 Å². The SMILES string of the molecule is O=C(N/N=C\c1c[nH]c2ccccc12)c1ccc(Cl)cc1Cl. The van der Waals surface area contributed by atoms with E-state index in [0.717, 1.165) is 16.5 Å². The van der Waals surface area contributed by atoms with Crippen molar-refractivity contribution in [3.05, 3.63) is 69.8 Å². The second kappa shape index (κ2) is 6.22. The van der Waals surface area contributed by atoms with Gasteiger partial charge in [0.05, 0.1) is 16.8 Å². The van der Waals surface area contributed by atoms with Crippen LogP contribution in [0, 0.1) is 0 Å². The van der Waals surface area contributed by atoms with Crippen LogP contribution in [0.5, 0.6) is 0 Å². The summed E-state index contributed by atoms with van der Waals surface area (Å²) in [4.78, 5) is 15.1. The summed E-state index contributed by atoms with van der Waals surface area (Å²) in [5, 5.41) is 5.76. The first-order chi connectivity index (χ1) is 10.6. The zero-order valence-electron chi connectivity index (χ0n) is 11.3. The van der Waals surface area contributed by atoms with E-state index in [9.17, 15) is 4.79 Å². The Morgan fingerprint density at radius 2 is 2.00 bits per heavy atom. The Morgan fingerprint density at radius 1 is 1.18 bits per heavy atom. The largest absolute Gasteiger partial charge is 0.361 e. The van der Waals surface area contributed by atoms with Gasteiger partial charge in [-0.15, -0.1) is 0 Å². The molecule has 110 valence electrons. The number of nitrogens with one attached hydrogen (secondary N) is 2. The number of para-hydroxylation sites is 1. The Labute approximate surface area is 136 Å². The van der Waals surface area contributed by atoms with Crippen LogP contribution < -0.4 is 5.43 Å². The quantitative estimate of drug-likeness (QED) is 0.547. The van der Waals surface area contributed by atoms with Crippen LogP contribution in [0.25, 0.3) is 10.9 Å². The molecule has 1 heterocycles. The van der Waals surface area contributed by atoms with Crippen molar-refractivity contribution in [3.63, 3.8) is 0 Å². The van der Waals surface area contributed by atoms with Gasteiger partial charge in [-0.05, 0) is 24.3 Å². The van der Waals surface area contributed by atoms with E-state index in [0.29, 0.717) is 10.6 Å². The van der Waals surface area contributed by atoms with Crippen molar-refractivity contribution < 1.29 is 4.79 Å². The van der Waals surface area contributed by atoms with E-state index in [1.807, 2.05) is 30.5 Å². The molecule has 22 heavy (non-hydrogen) atoms. The molecule has 0 radical (unpaired) electrons. The van der Waals surface area contributed by atoms with Gasteiger partial charge in [0.25, 0.3) is 5.91 Å². The van der Waals surface area contributed by atoms with E-state index >= 15 is 0 Å². The van der Waals surface area contributed by atoms with Crippen molar-refractivity contribution in [2.45, 2.75) is 0 Å². The van der Waals surface area contributed by atoms with Crippen LogP contribution in [-0.2, 0) is 0 Å². The number of H-pyrrole nitrogens is 1. The first-order valence-electron chi connectivity index (χ1n) is 6.50. The third-order valence-electron chi connectivity index (χ3n) is 3.17. The molecule has 3 aromatic rings. The minimum Gasteiger partial charge on any atom is -0.361 e. The van der Waals surface area contributed by atoms with E-state index in [4.69, 9.17) is 23.2 Å². The van der Waals surface area contributed by atoms with Crippen LogP contribution in [0.3, 0.4) is 0 Å². The van der Waals surface area contributed by atoms with Crippen LogP contribution in [0.1, 0.15) is 15.9 Å². The van der Waals surface area contributed by atoms with Gasteiger partial charge >= 0.3 is 0 Å². The fourth-order valence-corrected chi connectivity index (χ4v) is 2.59. The molecule has 2 N–H and O–H groups in total. The van der Waals surface area contributed by atoms with Crippen molar-refractivity contribution >= 4 is 46.2 Å². The number of hydrogen-bond acceptors (Lipinski definition) is 2. The van der Waals surface area contributed by atoms with Gasteiger partial charge in [-0.25, -0.2) is 5.43 Å². The van der Waals surface area contributed by atoms with E-state index < -0.39 is 5.91 Å². The van der Waals surface area contributed by atoms with Gasteiger partial charge in [0.1, 0.15) is 0 Å². The van der Waals surface area contributed by atoms with Gasteiger partial charge < -0.3 is 4.98 Å². The normalized spacial score (nSPS) is 11.2. The number of nitrogens with zero attached hydrogens (tertiary/aromatic N) is 1. The van der Waals surface area contributed by atoms with Gasteiger partial charge in [0, 0.05) is 27.7 Å². The van der Waals surface area contributed by atoms with Crippen molar-refractivity contribution in [1.82, 2.24) is 10.4 Å². The number of hydrogen-bond donors (Lipinski definition) is 2. The molecule has 4 nitrogen and oxygen atoms in total. The summed E-state index contributed by atoms with van der Waals surface area (Å²) in [6.07, 6.45) is 3.41. The molecular formula is C16H11Cl2N3O. The fourth-order valence-electron chi connectivity index (χ4n) is 2.10. The zero-order chi connectivity index (χ0) is 15.5. The second-order valence-electron chi connectivity index (χ2n) is 4.61. The lowest BCUT2D eigenvalue weighted by Crippen LogP contribution is -2.17. The van der Waals surface area contributed by atoms with Gasteiger partial charge in [-0.2, -0.15) is 5.10 Å². The molecule has 0 aliphatic rings. The molecule has 0 bridgehead atoms. The van der Waals surface area contributed by atoms with Gasteiger partial charge in [-0.1, -0.05) is 41.4 Å². The van der Waals surface area contributed by atoms with E-state index in [2.05, 4.69) is 15.5 Å². The summed E-state index contributed by atoms with van der Waals surface area (Å²) in [5.74, 6) is -0.391. The highest BCUT2D eigenvalue weighted by Gasteiger charge is 2.09. The smallest absolute Gasteiger partial charge is 0.272 e. The number of hydrazone groups is 1. The summed E-state index contributed by atoms with van der Waals surface area (Å²) in [7, 11) is 0. The molecule has 0 aliphatic carbocycles. The molecular weight excluding hydrogens is 321 g/mol. The van der Waals surface area contributed by atoms with Crippen molar-refractivity contribution in [2.75, 3.05) is 0 Å². The highest BCUT2D eigenvalue weighted by Crippen LogP contribution is 2.20. The van der Waals surface area contributed by atoms with Crippen LogP contribution in [0.4, 0.5) is 0 Å². The molecule has 0 fully saturated rings. The Bertz CT molecular complexity index is 871. The maximum Gasteiger partial charge on any atom is 0.272 e. The molecule has 1 amide bonds. The van der Waals surface area contributed by atoms with Crippen LogP contribution in [-0.4, -0.2) is 17.1 Å². The molecule has 0 atom stereocenters. The number of benzene rings is 2. The number of rotatable bonds is 3. The Hall–Kier alpha value is -2.30. The molecule has 0 saturated carbocycles. The number of carbonyl (C=O) groups is 1. The highest BCUT2D eigenvalue weighted by atomic mass is 35.5. The molecule has 3 rings (SSSR count). The maximum atomic E-state index is 12.0. The number of carbonyl (C=O) groups excluding carboxylic acids is 1. The lowest BCUT2D eigenvalue weighted by molar-refractivity contribution is 0.0955. The van der Waals surface area contributed by atoms with E-state index in [-0.39, 0.29) is 5.02 Å². The third-order valence-corrected chi connectivity index (χ3v) is 3.71. The minimum absolute atomic E-state index is 0.285. The van der Waals surface area contributed by atoms with Crippen molar-refractivity contribution in [1.29, 1.82) is 0 Å². The lowest BCUT2D eigenvalue weighted by atomic mass is 10.2. The number of fused-ring (bicyclic) bond motifs is 1. The van der Waals surface area contributed by atoms with Crippen LogP contribution in [0.2, 0.25) is 10.0 Å². The molecule has 0 saturated heterocycles. The minimum atomic E-state index is -0.391. The van der Waals surface area contributed by atoms with Crippen molar-refractivity contribution in [3.8, 4) is 0 Å². The summed E-state index contributed by atoms with van der Waals surface area (Å²) >= 11 is 11.8. The Kier molecular flexibility index (Phi) is 4.13. The first-order valence-corrected chi connectivity index (χ1v) is 7.25. The Morgan fingerprint density at radius 3 is 2.82 bits per heavy atom. The first kappa shape index (κ1) is 14.6. The highest BCUT2D eigenvalue weighted by molar-refractivity contribution is 6.36. The standard InChI is InChI=1S/C16H11Cl2N3O/c17-11-5-6-13(14(18)7-11)16(22)21-20-9-10-8-19-15-4-2-1-3-12(10)15/h1-9,19H,(H,21,22)/b20-9-. The lowest BCUT2D eigenvalue weighted by Gasteiger charge is -2.02. The molecule has 0 spiro atoms. The maximum absolute atomic E-state index is 12.0. The molecule has 0 unspecified atom stereocenters. The predicted octanol–water partition coefficient (Wildman–Crippen LogP) is 4.24. The van der Waals surface area contributed by atoms with Gasteiger partial charge in [0.2, 0.25) is 0 Å². The molecule has 0 aliphatic heterocycles. The topological polar surface area (TPSA) is 57.2 Å².